The summed E-state index contributed by atoms with van der Waals surface area (Å²) in [4.78, 5) is 14.0. The second-order valence-corrected chi connectivity index (χ2v) is 6.29. The highest BCUT2D eigenvalue weighted by Crippen LogP contribution is 2.30. The van der Waals surface area contributed by atoms with Crippen LogP contribution in [-0.2, 0) is 4.79 Å². The Hall–Kier alpha value is -0.610. The minimum absolute atomic E-state index is 0.0719. The van der Waals surface area contributed by atoms with Gasteiger partial charge in [-0.1, -0.05) is 6.92 Å². The van der Waals surface area contributed by atoms with Gasteiger partial charge in [0.05, 0.1) is 5.92 Å². The number of nitrogens with one attached hydrogen (secondary N) is 1. The molecule has 1 aliphatic carbocycles. The van der Waals surface area contributed by atoms with E-state index in [1.54, 1.807) is 0 Å². The number of nitrogens with zero attached hydrogens (tertiary/aromatic N) is 1. The molecule has 2 rings (SSSR count). The molecule has 4 nitrogen and oxygen atoms in total. The van der Waals surface area contributed by atoms with Crippen LogP contribution >= 0.6 is 0 Å². The van der Waals surface area contributed by atoms with Crippen LogP contribution in [0, 0.1) is 5.92 Å². The fraction of sp³-hybridized carbons (Fsp3) is 0.933. The topological polar surface area (TPSA) is 58.4 Å². The summed E-state index contributed by atoms with van der Waals surface area (Å²) in [7, 11) is 0. The molecule has 0 spiro atoms. The van der Waals surface area contributed by atoms with E-state index in [0.717, 1.165) is 25.9 Å². The minimum atomic E-state index is -0.113. The lowest BCUT2D eigenvalue weighted by Crippen LogP contribution is -2.52. The average Bonchev–Trinajstić information content (AvgIpc) is 2.40. The van der Waals surface area contributed by atoms with Crippen molar-refractivity contribution in [2.24, 2.45) is 11.7 Å². The second-order valence-electron chi connectivity index (χ2n) is 6.29. The average molecular weight is 267 g/mol. The van der Waals surface area contributed by atoms with E-state index in [4.69, 9.17) is 5.73 Å². The highest BCUT2D eigenvalue weighted by atomic mass is 16.1. The Balaban J connectivity index is 1.88. The Labute approximate surface area is 117 Å². The highest BCUT2D eigenvalue weighted by molar-refractivity contribution is 5.77. The van der Waals surface area contributed by atoms with Crippen molar-refractivity contribution in [3.05, 3.63) is 0 Å². The molecule has 0 aromatic heterocycles. The first-order chi connectivity index (χ1) is 9.11. The van der Waals surface area contributed by atoms with Gasteiger partial charge < -0.3 is 11.1 Å². The van der Waals surface area contributed by atoms with Crippen LogP contribution in [-0.4, -0.2) is 42.0 Å². The zero-order valence-electron chi connectivity index (χ0n) is 12.4. The van der Waals surface area contributed by atoms with Crippen LogP contribution in [0.2, 0.25) is 0 Å². The molecule has 2 unspecified atom stereocenters. The quantitative estimate of drug-likeness (QED) is 0.811. The van der Waals surface area contributed by atoms with Crippen LogP contribution < -0.4 is 11.1 Å². The highest BCUT2D eigenvalue weighted by Gasteiger charge is 2.34. The molecule has 2 atom stereocenters. The van der Waals surface area contributed by atoms with E-state index in [1.165, 1.54) is 25.7 Å². The molecule has 1 saturated heterocycles. The van der Waals surface area contributed by atoms with Crippen molar-refractivity contribution in [1.82, 2.24) is 10.2 Å². The number of piperidine rings is 1. The first-order valence-corrected chi connectivity index (χ1v) is 7.90. The third kappa shape index (κ3) is 3.69. The van der Waals surface area contributed by atoms with E-state index in [0.29, 0.717) is 18.1 Å². The molecule has 19 heavy (non-hydrogen) atoms. The van der Waals surface area contributed by atoms with Crippen LogP contribution in [0.1, 0.15) is 52.4 Å². The van der Waals surface area contributed by atoms with Gasteiger partial charge in [0, 0.05) is 24.7 Å². The Morgan fingerprint density at radius 1 is 1.21 bits per heavy atom. The van der Waals surface area contributed by atoms with E-state index >= 15 is 0 Å². The number of primary amides is 1. The molecule has 0 bridgehead atoms. The molecule has 1 aliphatic heterocycles. The van der Waals surface area contributed by atoms with Crippen LogP contribution in [0.4, 0.5) is 0 Å². The first-order valence-electron chi connectivity index (χ1n) is 7.90. The third-order valence-corrected chi connectivity index (χ3v) is 4.99. The lowest BCUT2D eigenvalue weighted by molar-refractivity contribution is -0.124. The summed E-state index contributed by atoms with van der Waals surface area (Å²) in [5.41, 5.74) is 5.49. The molecule has 1 saturated carbocycles. The number of carbonyl (C=O) groups is 1. The number of carbonyl (C=O) groups excluding carboxylic acids is 1. The number of hydrogen-bond donors (Lipinski definition) is 2. The van der Waals surface area contributed by atoms with Crippen LogP contribution in [0.15, 0.2) is 0 Å². The Morgan fingerprint density at radius 2 is 1.89 bits per heavy atom. The van der Waals surface area contributed by atoms with Crippen molar-refractivity contribution in [1.29, 1.82) is 0 Å². The van der Waals surface area contributed by atoms with Gasteiger partial charge >= 0.3 is 0 Å². The van der Waals surface area contributed by atoms with Crippen molar-refractivity contribution in [2.45, 2.75) is 70.5 Å². The fourth-order valence-corrected chi connectivity index (χ4v) is 3.78. The summed E-state index contributed by atoms with van der Waals surface area (Å²) >= 11 is 0. The Bertz CT molecular complexity index is 300. The van der Waals surface area contributed by atoms with Gasteiger partial charge in [-0.25, -0.2) is 0 Å². The lowest BCUT2D eigenvalue weighted by Gasteiger charge is -2.44. The van der Waals surface area contributed by atoms with Crippen molar-refractivity contribution in [3.63, 3.8) is 0 Å². The number of amides is 1. The molecule has 2 aliphatic rings. The van der Waals surface area contributed by atoms with Crippen LogP contribution in [0.25, 0.3) is 0 Å². The maximum atomic E-state index is 11.4. The van der Waals surface area contributed by atoms with Gasteiger partial charge in [-0.15, -0.1) is 0 Å². The molecule has 1 amide bonds. The van der Waals surface area contributed by atoms with Crippen LogP contribution in [0.3, 0.4) is 0 Å². The molecule has 0 aromatic rings. The molecular formula is C15H29N3O. The smallest absolute Gasteiger partial charge is 0.221 e. The molecule has 1 heterocycles. The summed E-state index contributed by atoms with van der Waals surface area (Å²) in [5, 5.41) is 3.55. The van der Waals surface area contributed by atoms with E-state index in [-0.39, 0.29) is 11.8 Å². The summed E-state index contributed by atoms with van der Waals surface area (Å²) < 4.78 is 0. The maximum Gasteiger partial charge on any atom is 0.221 e. The second kappa shape index (κ2) is 6.71. The summed E-state index contributed by atoms with van der Waals surface area (Å²) in [6, 6.07) is 1.97. The molecular weight excluding hydrogens is 238 g/mol. The standard InChI is InChI=1S/C15H29N3O/c1-3-17-13-6-8-14(9-7-13)18-10-12(15(16)19)5-4-11(18)2/h11-14,17H,3-10H2,1-2H3,(H2,16,19). The molecule has 0 aromatic carbocycles. The number of hydrogen-bond acceptors (Lipinski definition) is 3. The molecule has 110 valence electrons. The molecule has 0 radical (unpaired) electrons. The Morgan fingerprint density at radius 3 is 2.47 bits per heavy atom. The van der Waals surface area contributed by atoms with E-state index in [9.17, 15) is 4.79 Å². The minimum Gasteiger partial charge on any atom is -0.369 e. The van der Waals surface area contributed by atoms with E-state index in [1.807, 2.05) is 0 Å². The lowest BCUT2D eigenvalue weighted by atomic mass is 9.85. The summed E-state index contributed by atoms with van der Waals surface area (Å²) in [6.45, 7) is 6.43. The zero-order chi connectivity index (χ0) is 13.8. The molecule has 4 heteroatoms. The van der Waals surface area contributed by atoms with Gasteiger partial charge in [0.2, 0.25) is 5.91 Å². The number of rotatable bonds is 4. The number of nitrogens with two attached hydrogens (primary N) is 1. The van der Waals surface area contributed by atoms with Gasteiger partial charge in [0.15, 0.2) is 0 Å². The molecule has 3 N–H and O–H groups in total. The van der Waals surface area contributed by atoms with E-state index in [2.05, 4.69) is 24.1 Å². The van der Waals surface area contributed by atoms with Gasteiger partial charge in [-0.3, -0.25) is 9.69 Å². The third-order valence-electron chi connectivity index (χ3n) is 4.99. The summed E-state index contributed by atoms with van der Waals surface area (Å²) in [5.74, 6) is -0.0408. The van der Waals surface area contributed by atoms with E-state index < -0.39 is 0 Å². The van der Waals surface area contributed by atoms with Crippen molar-refractivity contribution in [3.8, 4) is 0 Å². The zero-order valence-corrected chi connectivity index (χ0v) is 12.4. The van der Waals surface area contributed by atoms with Crippen molar-refractivity contribution >= 4 is 5.91 Å². The SMILES string of the molecule is CCNC1CCC(N2CC(C(N)=O)CCC2C)CC1. The van der Waals surface area contributed by atoms with Gasteiger partial charge in [0.1, 0.15) is 0 Å². The predicted molar refractivity (Wildman–Crippen MR) is 77.8 cm³/mol. The largest absolute Gasteiger partial charge is 0.369 e. The molecule has 2 fully saturated rings. The van der Waals surface area contributed by atoms with Gasteiger partial charge in [0.25, 0.3) is 0 Å². The van der Waals surface area contributed by atoms with Crippen molar-refractivity contribution in [2.75, 3.05) is 13.1 Å². The van der Waals surface area contributed by atoms with Gasteiger partial charge in [-0.05, 0) is 52.0 Å². The first kappa shape index (κ1) is 14.8. The number of likely N-dealkylation sites (tertiary alicyclic amines) is 1. The predicted octanol–water partition coefficient (Wildman–Crippen LogP) is 1.49. The van der Waals surface area contributed by atoms with Crippen molar-refractivity contribution < 1.29 is 4.79 Å². The summed E-state index contributed by atoms with van der Waals surface area (Å²) in [6.07, 6.45) is 7.13. The van der Waals surface area contributed by atoms with Crippen LogP contribution in [0.5, 0.6) is 0 Å². The Kier molecular flexibility index (Phi) is 5.22. The normalized spacial score (nSPS) is 37.2. The van der Waals surface area contributed by atoms with Gasteiger partial charge in [-0.2, -0.15) is 0 Å². The monoisotopic (exact) mass is 267 g/mol. The maximum absolute atomic E-state index is 11.4. The fourth-order valence-electron chi connectivity index (χ4n) is 3.78.